The first-order chi connectivity index (χ1) is 9.06. The van der Waals surface area contributed by atoms with Gasteiger partial charge < -0.3 is 14.4 Å². The van der Waals surface area contributed by atoms with Crippen molar-refractivity contribution < 1.29 is 14.3 Å². The topological polar surface area (TPSA) is 53.7 Å². The second-order valence-electron chi connectivity index (χ2n) is 5.21. The predicted molar refractivity (Wildman–Crippen MR) is 73.5 cm³/mol. The zero-order valence-corrected chi connectivity index (χ0v) is 11.5. The second-order valence-corrected chi connectivity index (χ2v) is 5.21. The highest BCUT2D eigenvalue weighted by Crippen LogP contribution is 2.20. The molecule has 2 atom stereocenters. The zero-order valence-electron chi connectivity index (χ0n) is 11.5. The molecule has 1 saturated heterocycles. The van der Waals surface area contributed by atoms with Gasteiger partial charge in [-0.25, -0.2) is 0 Å². The first kappa shape index (κ1) is 13.9. The average molecular weight is 263 g/mol. The molecule has 104 valence electrons. The van der Waals surface area contributed by atoms with Gasteiger partial charge in [-0.2, -0.15) is 0 Å². The van der Waals surface area contributed by atoms with E-state index in [0.717, 1.165) is 25.1 Å². The van der Waals surface area contributed by atoms with Crippen LogP contribution in [0.15, 0.2) is 22.6 Å². The smallest absolute Gasteiger partial charge is 0.246 e. The number of carbonyl (C=O) groups excluding carboxylic acids is 1. The molecule has 0 aromatic carbocycles. The molecule has 0 bridgehead atoms. The molecular formula is C15H21NO3. The summed E-state index contributed by atoms with van der Waals surface area (Å²) in [6.45, 7) is 5.07. The van der Waals surface area contributed by atoms with Crippen LogP contribution < -0.4 is 0 Å². The zero-order chi connectivity index (χ0) is 13.8. The molecule has 1 amide bonds. The standard InChI is InChI=1S/C15H21NO3/c1-11-5-6-14(19-11)7-8-15(18)16-9-3-4-13(10-16)12(2)17/h5-8,12-13,17H,3-4,9-10H2,1-2H3/b8-7+. The first-order valence-corrected chi connectivity index (χ1v) is 6.78. The van der Waals surface area contributed by atoms with Crippen molar-refractivity contribution in [3.63, 3.8) is 0 Å². The summed E-state index contributed by atoms with van der Waals surface area (Å²) in [5.41, 5.74) is 0. The summed E-state index contributed by atoms with van der Waals surface area (Å²) in [5, 5.41) is 9.62. The molecular weight excluding hydrogens is 242 g/mol. The molecule has 0 spiro atoms. The number of aryl methyl sites for hydroxylation is 1. The van der Waals surface area contributed by atoms with E-state index >= 15 is 0 Å². The van der Waals surface area contributed by atoms with Crippen LogP contribution in [0, 0.1) is 12.8 Å². The summed E-state index contributed by atoms with van der Waals surface area (Å²) in [6.07, 6.45) is 4.83. The lowest BCUT2D eigenvalue weighted by Crippen LogP contribution is -2.42. The van der Waals surface area contributed by atoms with E-state index in [4.69, 9.17) is 4.42 Å². The summed E-state index contributed by atoms with van der Waals surface area (Å²) >= 11 is 0. The van der Waals surface area contributed by atoms with Crippen molar-refractivity contribution in [1.29, 1.82) is 0 Å². The maximum atomic E-state index is 12.1. The highest BCUT2D eigenvalue weighted by molar-refractivity contribution is 5.91. The minimum Gasteiger partial charge on any atom is -0.462 e. The number of amides is 1. The molecule has 19 heavy (non-hydrogen) atoms. The van der Waals surface area contributed by atoms with Gasteiger partial charge >= 0.3 is 0 Å². The monoisotopic (exact) mass is 263 g/mol. The van der Waals surface area contributed by atoms with Crippen molar-refractivity contribution >= 4 is 12.0 Å². The molecule has 1 aliphatic rings. The molecule has 4 heteroatoms. The van der Waals surface area contributed by atoms with Crippen molar-refractivity contribution in [2.75, 3.05) is 13.1 Å². The summed E-state index contributed by atoms with van der Waals surface area (Å²) in [7, 11) is 0. The number of aliphatic hydroxyl groups excluding tert-OH is 1. The molecule has 0 radical (unpaired) electrons. The predicted octanol–water partition coefficient (Wildman–Crippen LogP) is 2.22. The Balaban J connectivity index is 1.94. The van der Waals surface area contributed by atoms with Crippen LogP contribution in [0.2, 0.25) is 0 Å². The Hall–Kier alpha value is -1.55. The Morgan fingerprint density at radius 3 is 3.00 bits per heavy atom. The lowest BCUT2D eigenvalue weighted by atomic mass is 9.93. The van der Waals surface area contributed by atoms with E-state index in [0.29, 0.717) is 12.3 Å². The number of rotatable bonds is 3. The van der Waals surface area contributed by atoms with Crippen LogP contribution in [0.1, 0.15) is 31.3 Å². The summed E-state index contributed by atoms with van der Waals surface area (Å²) in [4.78, 5) is 13.9. The number of hydrogen-bond donors (Lipinski definition) is 1. The molecule has 2 unspecified atom stereocenters. The number of piperidine rings is 1. The van der Waals surface area contributed by atoms with Crippen LogP contribution in [-0.4, -0.2) is 35.1 Å². The maximum absolute atomic E-state index is 12.1. The number of aliphatic hydroxyl groups is 1. The lowest BCUT2D eigenvalue weighted by Gasteiger charge is -2.33. The third-order valence-corrected chi connectivity index (χ3v) is 3.60. The fourth-order valence-corrected chi connectivity index (χ4v) is 2.41. The molecule has 1 fully saturated rings. The van der Waals surface area contributed by atoms with Crippen molar-refractivity contribution in [3.05, 3.63) is 29.7 Å². The van der Waals surface area contributed by atoms with E-state index in [1.165, 1.54) is 0 Å². The summed E-state index contributed by atoms with van der Waals surface area (Å²) in [6, 6.07) is 3.71. The van der Waals surface area contributed by atoms with Gasteiger partial charge in [0.15, 0.2) is 0 Å². The van der Waals surface area contributed by atoms with Crippen LogP contribution in [0.4, 0.5) is 0 Å². The highest BCUT2D eigenvalue weighted by Gasteiger charge is 2.25. The number of carbonyl (C=O) groups is 1. The molecule has 1 aromatic rings. The van der Waals surface area contributed by atoms with Gasteiger partial charge in [-0.05, 0) is 44.9 Å². The Kier molecular flexibility index (Phi) is 4.43. The Morgan fingerprint density at radius 2 is 2.37 bits per heavy atom. The van der Waals surface area contributed by atoms with Gasteiger partial charge in [-0.3, -0.25) is 4.79 Å². The van der Waals surface area contributed by atoms with Crippen LogP contribution in [0.3, 0.4) is 0 Å². The van der Waals surface area contributed by atoms with Gasteiger partial charge in [0.25, 0.3) is 0 Å². The molecule has 1 aromatic heterocycles. The van der Waals surface area contributed by atoms with E-state index in [2.05, 4.69) is 0 Å². The van der Waals surface area contributed by atoms with Crippen LogP contribution in [-0.2, 0) is 4.79 Å². The van der Waals surface area contributed by atoms with Crippen LogP contribution in [0.25, 0.3) is 6.08 Å². The first-order valence-electron chi connectivity index (χ1n) is 6.78. The summed E-state index contributed by atoms with van der Waals surface area (Å²) < 4.78 is 5.38. The highest BCUT2D eigenvalue weighted by atomic mass is 16.3. The van der Waals surface area contributed by atoms with E-state index in [1.807, 2.05) is 19.1 Å². The molecule has 1 aliphatic heterocycles. The fourth-order valence-electron chi connectivity index (χ4n) is 2.41. The van der Waals surface area contributed by atoms with E-state index < -0.39 is 0 Å². The normalized spacial score (nSPS) is 21.8. The van der Waals surface area contributed by atoms with Gasteiger partial charge in [-0.1, -0.05) is 0 Å². The third kappa shape index (κ3) is 3.70. The number of hydrogen-bond acceptors (Lipinski definition) is 3. The van der Waals surface area contributed by atoms with Crippen molar-refractivity contribution in [1.82, 2.24) is 4.90 Å². The van der Waals surface area contributed by atoms with E-state index in [1.54, 1.807) is 24.0 Å². The number of furan rings is 1. The quantitative estimate of drug-likeness (QED) is 0.851. The fraction of sp³-hybridized carbons (Fsp3) is 0.533. The van der Waals surface area contributed by atoms with Gasteiger partial charge in [-0.15, -0.1) is 0 Å². The van der Waals surface area contributed by atoms with Crippen molar-refractivity contribution in [3.8, 4) is 0 Å². The summed E-state index contributed by atoms with van der Waals surface area (Å²) in [5.74, 6) is 1.70. The van der Waals surface area contributed by atoms with Gasteiger partial charge in [0.2, 0.25) is 5.91 Å². The Labute approximate surface area is 113 Å². The van der Waals surface area contributed by atoms with E-state index in [9.17, 15) is 9.90 Å². The number of likely N-dealkylation sites (tertiary alicyclic amines) is 1. The second kappa shape index (κ2) is 6.06. The van der Waals surface area contributed by atoms with Gasteiger partial charge in [0.1, 0.15) is 11.5 Å². The molecule has 0 aliphatic carbocycles. The SMILES string of the molecule is Cc1ccc(/C=C/C(=O)N2CCCC(C(C)O)C2)o1. The van der Waals surface area contributed by atoms with E-state index in [-0.39, 0.29) is 17.9 Å². The molecule has 4 nitrogen and oxygen atoms in total. The van der Waals surface area contributed by atoms with Crippen molar-refractivity contribution in [2.45, 2.75) is 32.8 Å². The lowest BCUT2D eigenvalue weighted by molar-refractivity contribution is -0.128. The molecule has 2 heterocycles. The molecule has 0 saturated carbocycles. The Bertz CT molecular complexity index is 462. The van der Waals surface area contributed by atoms with Crippen LogP contribution in [0.5, 0.6) is 0 Å². The third-order valence-electron chi connectivity index (χ3n) is 3.60. The minimum absolute atomic E-state index is 0.0144. The maximum Gasteiger partial charge on any atom is 0.246 e. The molecule has 2 rings (SSSR count). The van der Waals surface area contributed by atoms with Crippen molar-refractivity contribution in [2.24, 2.45) is 5.92 Å². The average Bonchev–Trinajstić information content (AvgIpc) is 2.82. The van der Waals surface area contributed by atoms with Crippen LogP contribution >= 0.6 is 0 Å². The Morgan fingerprint density at radius 1 is 1.58 bits per heavy atom. The minimum atomic E-state index is -0.354. The number of nitrogens with zero attached hydrogens (tertiary/aromatic N) is 1. The molecule has 1 N–H and O–H groups in total. The van der Waals surface area contributed by atoms with Gasteiger partial charge in [0, 0.05) is 25.1 Å². The van der Waals surface area contributed by atoms with Gasteiger partial charge in [0.05, 0.1) is 6.10 Å². The largest absolute Gasteiger partial charge is 0.462 e.